The second kappa shape index (κ2) is 24.5. The van der Waals surface area contributed by atoms with Crippen LogP contribution in [0.2, 0.25) is 0 Å². The highest BCUT2D eigenvalue weighted by Crippen LogP contribution is 2.43. The van der Waals surface area contributed by atoms with E-state index in [4.69, 9.17) is 9.47 Å². The molecular weight excluding hydrogens is 921 g/mol. The molecule has 2 aliphatic carbocycles. The Hall–Kier alpha value is -4.52. The van der Waals surface area contributed by atoms with Crippen molar-refractivity contribution in [2.24, 2.45) is 11.8 Å². The summed E-state index contributed by atoms with van der Waals surface area (Å²) in [6.45, 7) is 7.30. The minimum atomic E-state index is -3.51. The second-order valence-corrected chi connectivity index (χ2v) is 22.8. The van der Waals surface area contributed by atoms with Crippen LogP contribution in [0, 0.1) is 25.7 Å². The van der Waals surface area contributed by atoms with Crippen LogP contribution in [0.5, 0.6) is 0 Å². The number of aryl methyl sites for hydroxylation is 2. The fourth-order valence-electron chi connectivity index (χ4n) is 9.51. The van der Waals surface area contributed by atoms with Gasteiger partial charge in [-0.1, -0.05) is 122 Å². The molecule has 4 unspecified atom stereocenters. The number of likely N-dealkylation sites (tertiary alicyclic amines) is 2. The smallest absolute Gasteiger partial charge is 0.343 e. The SMILES string of the molecule is CN1CCC(OC(=O)C(O)(c2ccccc2)C2CCCC2)C1.COS(=O)(=O)c1ccc(C)cc1.COS(=O)(=O)c1ccc(C)cc1.C[N+]1(C)CCC(OC(=O)C(O)(c2ccccc2)C2CCCC2)C1. The van der Waals surface area contributed by atoms with Gasteiger partial charge in [-0.15, -0.1) is 0 Å². The van der Waals surface area contributed by atoms with Crippen molar-refractivity contribution >= 4 is 32.2 Å². The van der Waals surface area contributed by atoms with Crippen LogP contribution in [0.25, 0.3) is 0 Å². The molecule has 0 radical (unpaired) electrons. The van der Waals surface area contributed by atoms with Crippen molar-refractivity contribution in [3.63, 3.8) is 0 Å². The first kappa shape index (κ1) is 55.4. The van der Waals surface area contributed by atoms with E-state index in [1.54, 1.807) is 24.3 Å². The molecule has 4 atom stereocenters. The molecule has 14 nitrogen and oxygen atoms in total. The average molecular weight is 994 g/mol. The maximum atomic E-state index is 12.9. The van der Waals surface area contributed by atoms with Gasteiger partial charge in [0.25, 0.3) is 20.2 Å². The lowest BCUT2D eigenvalue weighted by Crippen LogP contribution is -2.46. The molecule has 2 N–H and O–H groups in total. The Morgan fingerprint density at radius 2 is 0.957 bits per heavy atom. The van der Waals surface area contributed by atoms with Crippen LogP contribution in [-0.2, 0) is 58.9 Å². The molecule has 69 heavy (non-hydrogen) atoms. The van der Waals surface area contributed by atoms with Crippen LogP contribution in [0.3, 0.4) is 0 Å². The molecule has 2 heterocycles. The van der Waals surface area contributed by atoms with Gasteiger partial charge in [0.05, 0.1) is 44.7 Å². The summed E-state index contributed by atoms with van der Waals surface area (Å²) in [7, 11) is 1.58. The minimum absolute atomic E-state index is 0.0402. The monoisotopic (exact) mass is 993 g/mol. The van der Waals surface area contributed by atoms with Gasteiger partial charge in [0, 0.05) is 31.3 Å². The maximum Gasteiger partial charge on any atom is 0.343 e. The highest BCUT2D eigenvalue weighted by Gasteiger charge is 2.50. The standard InChI is InChI=1S/C19H28NO3.C18H25NO3.2C8H10O3S/c1-20(2)13-12-17(14-20)23-18(21)19(22,16-10-6-7-11-16)15-8-4-3-5-9-15;1-19-12-11-16(13-19)22-17(20)18(21,15-9-5-6-10-15)14-7-3-2-4-8-14;2*1-7-3-5-8(6-4-7)12(9,10)11-2/h3-5,8-9,16-17,22H,6-7,10-14H2,1-2H3;2-4,7-8,15-16,21H,5-6,9-13H2,1H3;2*3-6H,1-2H3/q+1;;;. The number of likely N-dealkylation sites (N-methyl/N-ethyl adjacent to an activating group) is 2. The number of quaternary nitrogens is 1. The van der Waals surface area contributed by atoms with Gasteiger partial charge in [-0.2, -0.15) is 16.8 Å². The van der Waals surface area contributed by atoms with Crippen molar-refractivity contribution in [2.45, 2.75) is 111 Å². The summed E-state index contributed by atoms with van der Waals surface area (Å²) in [5, 5.41) is 22.7. The van der Waals surface area contributed by atoms with Crippen molar-refractivity contribution in [3.05, 3.63) is 131 Å². The van der Waals surface area contributed by atoms with Gasteiger partial charge >= 0.3 is 11.9 Å². The maximum absolute atomic E-state index is 12.9. The zero-order valence-electron chi connectivity index (χ0n) is 41.3. The number of hydrogen-bond donors (Lipinski definition) is 2. The molecule has 0 amide bonds. The predicted octanol–water partition coefficient (Wildman–Crippen LogP) is 7.43. The molecule has 4 fully saturated rings. The van der Waals surface area contributed by atoms with E-state index >= 15 is 0 Å². The molecular formula is C53H73N2O12S2+. The van der Waals surface area contributed by atoms with Crippen molar-refractivity contribution in [1.82, 2.24) is 4.90 Å². The lowest BCUT2D eigenvalue weighted by Gasteiger charge is -2.33. The molecule has 2 saturated carbocycles. The van der Waals surface area contributed by atoms with Crippen molar-refractivity contribution in [3.8, 4) is 0 Å². The van der Waals surface area contributed by atoms with Crippen LogP contribution in [0.4, 0.5) is 0 Å². The summed E-state index contributed by atoms with van der Waals surface area (Å²) in [6.07, 6.45) is 9.32. The topological polar surface area (TPSA) is 183 Å². The number of carbonyl (C=O) groups excluding carboxylic acids is 2. The quantitative estimate of drug-likeness (QED) is 0.0813. The summed E-state index contributed by atoms with van der Waals surface area (Å²) in [6, 6.07) is 31.6. The Labute approximate surface area is 410 Å². The van der Waals surface area contributed by atoms with Gasteiger partial charge in [0.2, 0.25) is 0 Å². The van der Waals surface area contributed by atoms with Crippen LogP contribution in [0.1, 0.15) is 86.5 Å². The predicted molar refractivity (Wildman–Crippen MR) is 264 cm³/mol. The fraction of sp³-hybridized carbons (Fsp3) is 0.509. The zero-order valence-corrected chi connectivity index (χ0v) is 42.9. The first-order valence-corrected chi connectivity index (χ1v) is 26.7. The molecule has 4 aliphatic rings. The molecule has 8 rings (SSSR count). The zero-order chi connectivity index (χ0) is 50.5. The minimum Gasteiger partial charge on any atom is -0.459 e. The normalized spacial score (nSPS) is 21.2. The molecule has 4 aromatic carbocycles. The fourth-order valence-corrected chi connectivity index (χ4v) is 10.8. The molecule has 0 spiro atoms. The van der Waals surface area contributed by atoms with E-state index in [2.05, 4.69) is 27.4 Å². The van der Waals surface area contributed by atoms with Gasteiger partial charge in [-0.25, -0.2) is 9.59 Å². The number of esters is 2. The van der Waals surface area contributed by atoms with Crippen LogP contribution < -0.4 is 0 Å². The average Bonchev–Trinajstić information content (AvgIpc) is 4.20. The van der Waals surface area contributed by atoms with E-state index < -0.39 is 43.4 Å². The summed E-state index contributed by atoms with van der Waals surface area (Å²) in [5.41, 5.74) is 0.369. The van der Waals surface area contributed by atoms with Gasteiger partial charge in [-0.3, -0.25) is 8.37 Å². The summed E-state index contributed by atoms with van der Waals surface area (Å²) in [5.74, 6) is -1.00. The van der Waals surface area contributed by atoms with Crippen LogP contribution in [-0.4, -0.2) is 122 Å². The van der Waals surface area contributed by atoms with Crippen LogP contribution in [0.15, 0.2) is 119 Å². The van der Waals surface area contributed by atoms with Gasteiger partial charge < -0.3 is 29.1 Å². The Morgan fingerprint density at radius 3 is 1.28 bits per heavy atom. The Balaban J connectivity index is 0.000000179. The molecule has 378 valence electrons. The number of ether oxygens (including phenoxy) is 2. The van der Waals surface area contributed by atoms with Crippen molar-refractivity contribution in [2.75, 3.05) is 61.5 Å². The van der Waals surface area contributed by atoms with Crippen LogP contribution >= 0.6 is 0 Å². The Kier molecular flexibility index (Phi) is 19.7. The largest absolute Gasteiger partial charge is 0.459 e. The van der Waals surface area contributed by atoms with Crippen molar-refractivity contribution in [1.29, 1.82) is 0 Å². The number of rotatable bonds is 12. The van der Waals surface area contributed by atoms with Gasteiger partial charge in [-0.05, 0) is 88.4 Å². The number of benzene rings is 4. The molecule has 4 aromatic rings. The molecule has 0 bridgehead atoms. The third-order valence-corrected chi connectivity index (χ3v) is 16.2. The number of hydrogen-bond acceptors (Lipinski definition) is 13. The third kappa shape index (κ3) is 14.8. The highest BCUT2D eigenvalue weighted by molar-refractivity contribution is 7.87. The Morgan fingerprint density at radius 1 is 0.580 bits per heavy atom. The second-order valence-electron chi connectivity index (χ2n) is 19.3. The summed E-state index contributed by atoms with van der Waals surface area (Å²) < 4.78 is 65.4. The molecule has 2 saturated heterocycles. The van der Waals surface area contributed by atoms with E-state index in [-0.39, 0.29) is 33.8 Å². The molecule has 2 aliphatic heterocycles. The van der Waals surface area contributed by atoms with E-state index in [1.807, 2.05) is 81.6 Å². The lowest BCUT2D eigenvalue weighted by atomic mass is 9.80. The van der Waals surface area contributed by atoms with E-state index in [0.717, 1.165) is 120 Å². The third-order valence-electron chi connectivity index (χ3n) is 13.7. The number of aliphatic hydroxyl groups is 2. The van der Waals surface area contributed by atoms with E-state index in [1.165, 1.54) is 24.3 Å². The molecule has 16 heteroatoms. The lowest BCUT2D eigenvalue weighted by molar-refractivity contribution is -0.879. The summed E-state index contributed by atoms with van der Waals surface area (Å²) in [4.78, 5) is 28.3. The summed E-state index contributed by atoms with van der Waals surface area (Å²) >= 11 is 0. The number of carbonyl (C=O) groups is 2. The van der Waals surface area contributed by atoms with Gasteiger partial charge in [0.1, 0.15) is 12.6 Å². The van der Waals surface area contributed by atoms with E-state index in [0.29, 0.717) is 11.1 Å². The van der Waals surface area contributed by atoms with Gasteiger partial charge in [0.15, 0.2) is 17.3 Å². The number of nitrogens with zero attached hydrogens (tertiary/aromatic N) is 2. The van der Waals surface area contributed by atoms with Crippen molar-refractivity contribution < 1.29 is 59.0 Å². The first-order valence-electron chi connectivity index (χ1n) is 23.9. The first-order chi connectivity index (χ1) is 32.6. The highest BCUT2D eigenvalue weighted by atomic mass is 32.2. The molecule has 0 aromatic heterocycles. The Bertz CT molecular complexity index is 2390. The van der Waals surface area contributed by atoms with E-state index in [9.17, 15) is 36.6 Å².